The minimum absolute atomic E-state index is 0.0287. The molecule has 0 radical (unpaired) electrons. The summed E-state index contributed by atoms with van der Waals surface area (Å²) in [7, 11) is 0. The molecule has 0 aromatic heterocycles. The van der Waals surface area contributed by atoms with Crippen LogP contribution in [0.15, 0.2) is 18.2 Å². The van der Waals surface area contributed by atoms with E-state index in [1.54, 1.807) is 0 Å². The van der Waals surface area contributed by atoms with Gasteiger partial charge in [-0.2, -0.15) is 0 Å². The van der Waals surface area contributed by atoms with E-state index in [1.807, 2.05) is 0 Å². The van der Waals surface area contributed by atoms with Gasteiger partial charge in [-0.15, -0.1) is 0 Å². The van der Waals surface area contributed by atoms with Gasteiger partial charge < -0.3 is 10.1 Å². The Morgan fingerprint density at radius 2 is 2.25 bits per heavy atom. The van der Waals surface area contributed by atoms with Gasteiger partial charge in [0.1, 0.15) is 6.29 Å². The molecule has 1 saturated carbocycles. The first kappa shape index (κ1) is 14.0. The molecule has 0 heterocycles. The number of rotatable bonds is 6. The number of amides is 1. The van der Waals surface area contributed by atoms with Crippen LogP contribution < -0.4 is 10.1 Å². The number of hydrogen-bond acceptors (Lipinski definition) is 5. The minimum atomic E-state index is -0.837. The second-order valence-corrected chi connectivity index (χ2v) is 4.65. The molecule has 1 aromatic rings. The van der Waals surface area contributed by atoms with Crippen LogP contribution in [-0.2, 0) is 4.79 Å². The molecule has 1 fully saturated rings. The molecular weight excluding hydrogens is 264 g/mol. The van der Waals surface area contributed by atoms with Crippen molar-refractivity contribution in [3.63, 3.8) is 0 Å². The van der Waals surface area contributed by atoms with E-state index in [2.05, 4.69) is 5.32 Å². The number of carbonyl (C=O) groups excluding carboxylic acids is 2. The summed E-state index contributed by atoms with van der Waals surface area (Å²) >= 11 is 0. The van der Waals surface area contributed by atoms with Crippen molar-refractivity contribution >= 4 is 17.9 Å². The van der Waals surface area contributed by atoms with Crippen molar-refractivity contribution in [3.8, 4) is 5.75 Å². The van der Waals surface area contributed by atoms with Gasteiger partial charge in [0.2, 0.25) is 0 Å². The Morgan fingerprint density at radius 3 is 2.80 bits per heavy atom. The standard InChI is InChI=1S/C13H14N2O5/c1-8(13(17)14-10-3-4-10)20-12-5-2-9(7-16)6-11(12)15(18)19/h2,5-8,10H,3-4H2,1H3,(H,14,17)/t8-/m0/s1. The summed E-state index contributed by atoms with van der Waals surface area (Å²) in [5.41, 5.74) is -0.153. The summed E-state index contributed by atoms with van der Waals surface area (Å²) in [6.45, 7) is 1.52. The van der Waals surface area contributed by atoms with Crippen molar-refractivity contribution in [2.75, 3.05) is 0 Å². The van der Waals surface area contributed by atoms with Gasteiger partial charge in [-0.25, -0.2) is 0 Å². The average Bonchev–Trinajstić information content (AvgIpc) is 3.22. The van der Waals surface area contributed by atoms with Crippen molar-refractivity contribution in [2.24, 2.45) is 0 Å². The topological polar surface area (TPSA) is 98.5 Å². The number of hydrogen-bond donors (Lipinski definition) is 1. The van der Waals surface area contributed by atoms with Gasteiger partial charge in [0.25, 0.3) is 5.91 Å². The van der Waals surface area contributed by atoms with E-state index in [0.29, 0.717) is 6.29 Å². The fraction of sp³-hybridized carbons (Fsp3) is 0.385. The molecule has 0 saturated heterocycles. The molecule has 1 aliphatic rings. The Balaban J connectivity index is 2.12. The van der Waals surface area contributed by atoms with Crippen molar-refractivity contribution in [1.29, 1.82) is 0 Å². The molecule has 0 aliphatic heterocycles. The van der Waals surface area contributed by atoms with Crippen molar-refractivity contribution in [1.82, 2.24) is 5.32 Å². The van der Waals surface area contributed by atoms with Crippen LogP contribution in [0.2, 0.25) is 0 Å². The summed E-state index contributed by atoms with van der Waals surface area (Å²) in [5, 5.41) is 13.7. The van der Waals surface area contributed by atoms with E-state index in [-0.39, 0.29) is 28.9 Å². The molecule has 1 atom stereocenters. The SMILES string of the molecule is C[C@H](Oc1ccc(C=O)cc1[N+](=O)[O-])C(=O)NC1CC1. The Morgan fingerprint density at radius 1 is 1.55 bits per heavy atom. The molecule has 0 bridgehead atoms. The Hall–Kier alpha value is -2.44. The highest BCUT2D eigenvalue weighted by Crippen LogP contribution is 2.28. The third-order valence-corrected chi connectivity index (χ3v) is 2.91. The van der Waals surface area contributed by atoms with E-state index in [4.69, 9.17) is 4.74 Å². The fourth-order valence-electron chi connectivity index (χ4n) is 1.64. The average molecular weight is 278 g/mol. The van der Waals surface area contributed by atoms with Gasteiger partial charge in [-0.1, -0.05) is 0 Å². The lowest BCUT2D eigenvalue weighted by atomic mass is 10.2. The minimum Gasteiger partial charge on any atom is -0.474 e. The molecule has 20 heavy (non-hydrogen) atoms. The van der Waals surface area contributed by atoms with Crippen LogP contribution in [0.5, 0.6) is 5.75 Å². The monoisotopic (exact) mass is 278 g/mol. The Bertz CT molecular complexity index is 554. The van der Waals surface area contributed by atoms with Crippen LogP contribution in [0.3, 0.4) is 0 Å². The van der Waals surface area contributed by atoms with Crippen LogP contribution in [0, 0.1) is 10.1 Å². The molecule has 1 aromatic carbocycles. The lowest BCUT2D eigenvalue weighted by molar-refractivity contribution is -0.386. The van der Waals surface area contributed by atoms with Crippen molar-refractivity contribution in [3.05, 3.63) is 33.9 Å². The summed E-state index contributed by atoms with van der Waals surface area (Å²) in [6.07, 6.45) is 1.58. The molecule has 0 unspecified atom stereocenters. The smallest absolute Gasteiger partial charge is 0.311 e. The number of nitrogens with zero attached hydrogens (tertiary/aromatic N) is 1. The molecule has 7 nitrogen and oxygen atoms in total. The molecule has 1 N–H and O–H groups in total. The highest BCUT2D eigenvalue weighted by molar-refractivity contribution is 5.81. The quantitative estimate of drug-likeness (QED) is 0.482. The number of nitro groups is 1. The zero-order valence-corrected chi connectivity index (χ0v) is 10.9. The zero-order chi connectivity index (χ0) is 14.7. The van der Waals surface area contributed by atoms with Gasteiger partial charge >= 0.3 is 5.69 Å². The molecule has 106 valence electrons. The lowest BCUT2D eigenvalue weighted by Gasteiger charge is -2.14. The maximum atomic E-state index is 11.7. The molecule has 2 rings (SSSR count). The Labute approximate surface area is 115 Å². The maximum absolute atomic E-state index is 11.7. The van der Waals surface area contributed by atoms with Crippen LogP contribution in [-0.4, -0.2) is 29.3 Å². The summed E-state index contributed by atoms with van der Waals surface area (Å²) in [4.78, 5) is 32.7. The highest BCUT2D eigenvalue weighted by Gasteiger charge is 2.27. The van der Waals surface area contributed by atoms with Crippen LogP contribution >= 0.6 is 0 Å². The third-order valence-electron chi connectivity index (χ3n) is 2.91. The predicted octanol–water partition coefficient (Wildman–Crippen LogP) is 1.45. The second kappa shape index (κ2) is 5.68. The second-order valence-electron chi connectivity index (χ2n) is 4.65. The first-order valence-corrected chi connectivity index (χ1v) is 6.22. The first-order valence-electron chi connectivity index (χ1n) is 6.22. The van der Waals surface area contributed by atoms with Gasteiger partial charge in [0.15, 0.2) is 11.9 Å². The van der Waals surface area contributed by atoms with Crippen molar-refractivity contribution in [2.45, 2.75) is 31.9 Å². The van der Waals surface area contributed by atoms with Crippen LogP contribution in [0.25, 0.3) is 0 Å². The van der Waals surface area contributed by atoms with E-state index >= 15 is 0 Å². The number of aldehydes is 1. The van der Waals surface area contributed by atoms with E-state index < -0.39 is 11.0 Å². The number of ether oxygens (including phenoxy) is 1. The first-order chi connectivity index (χ1) is 9.51. The Kier molecular flexibility index (Phi) is 3.97. The van der Waals surface area contributed by atoms with Crippen LogP contribution in [0.4, 0.5) is 5.69 Å². The molecular formula is C13H14N2O5. The van der Waals surface area contributed by atoms with E-state index in [0.717, 1.165) is 18.9 Å². The third kappa shape index (κ3) is 3.31. The van der Waals surface area contributed by atoms with Crippen LogP contribution in [0.1, 0.15) is 30.1 Å². The van der Waals surface area contributed by atoms with Gasteiger partial charge in [0.05, 0.1) is 4.92 Å². The zero-order valence-electron chi connectivity index (χ0n) is 10.9. The fourth-order valence-corrected chi connectivity index (χ4v) is 1.64. The number of carbonyl (C=O) groups is 2. The molecule has 1 aliphatic carbocycles. The van der Waals surface area contributed by atoms with E-state index in [9.17, 15) is 19.7 Å². The molecule has 7 heteroatoms. The lowest BCUT2D eigenvalue weighted by Crippen LogP contribution is -2.37. The van der Waals surface area contributed by atoms with Gasteiger partial charge in [-0.3, -0.25) is 19.7 Å². The summed E-state index contributed by atoms with van der Waals surface area (Å²) in [6, 6.07) is 4.04. The highest BCUT2D eigenvalue weighted by atomic mass is 16.6. The van der Waals surface area contributed by atoms with E-state index in [1.165, 1.54) is 19.1 Å². The normalized spacial score (nSPS) is 15.2. The summed E-state index contributed by atoms with van der Waals surface area (Å²) < 4.78 is 5.33. The summed E-state index contributed by atoms with van der Waals surface area (Å²) in [5.74, 6) is -0.333. The van der Waals surface area contributed by atoms with Gasteiger partial charge in [0, 0.05) is 17.7 Å². The van der Waals surface area contributed by atoms with Crippen molar-refractivity contribution < 1.29 is 19.2 Å². The van der Waals surface area contributed by atoms with Gasteiger partial charge in [-0.05, 0) is 31.9 Å². The molecule has 0 spiro atoms. The number of nitro benzene ring substituents is 1. The molecule has 1 amide bonds. The number of benzene rings is 1. The number of nitrogens with one attached hydrogen (secondary N) is 1. The largest absolute Gasteiger partial charge is 0.474 e. The maximum Gasteiger partial charge on any atom is 0.311 e. The predicted molar refractivity (Wildman–Crippen MR) is 69.7 cm³/mol.